The van der Waals surface area contributed by atoms with Gasteiger partial charge in [-0.15, -0.1) is 6.42 Å². The van der Waals surface area contributed by atoms with Crippen LogP contribution in [-0.4, -0.2) is 11.4 Å². The smallest absolute Gasteiger partial charge is 0.291 e. The first-order chi connectivity index (χ1) is 6.25. The van der Waals surface area contributed by atoms with Crippen molar-refractivity contribution in [2.45, 2.75) is 0 Å². The Morgan fingerprint density at radius 1 is 1.46 bits per heavy atom. The minimum absolute atomic E-state index is 0.225. The van der Waals surface area contributed by atoms with Crippen LogP contribution in [0.2, 0.25) is 0 Å². The molecule has 0 fully saturated rings. The number of terminal acetylenes is 1. The molecule has 0 aliphatic rings. The third-order valence-electron chi connectivity index (χ3n) is 1.53. The Bertz CT molecular complexity index is 329. The lowest BCUT2D eigenvalue weighted by molar-refractivity contribution is 0.266. The van der Waals surface area contributed by atoms with Crippen molar-refractivity contribution in [2.75, 3.05) is 11.4 Å². The van der Waals surface area contributed by atoms with Gasteiger partial charge in [0, 0.05) is 21.6 Å². The third kappa shape index (κ3) is 2.60. The zero-order chi connectivity index (χ0) is 9.68. The predicted octanol–water partition coefficient (Wildman–Crippen LogP) is 2.64. The lowest BCUT2D eigenvalue weighted by atomic mass is 10.3. The van der Waals surface area contributed by atoms with Crippen molar-refractivity contribution in [3.8, 4) is 12.3 Å². The van der Waals surface area contributed by atoms with E-state index in [1.54, 1.807) is 0 Å². The van der Waals surface area contributed by atoms with Crippen LogP contribution in [0.1, 0.15) is 0 Å². The van der Waals surface area contributed by atoms with Gasteiger partial charge < -0.3 is 0 Å². The van der Waals surface area contributed by atoms with Crippen LogP contribution >= 0.6 is 15.9 Å². The largest absolute Gasteiger partial charge is 0.294 e. The maximum atomic E-state index is 11.1. The van der Waals surface area contributed by atoms with Crippen LogP contribution in [0.25, 0.3) is 0 Å². The van der Waals surface area contributed by atoms with Crippen LogP contribution in [-0.2, 0) is 0 Å². The molecule has 2 nitrogen and oxygen atoms in total. The normalized spacial score (nSPS) is 8.92. The molecule has 1 aromatic carbocycles. The molecule has 1 amide bonds. The standard InChI is InChI=1S/C10H8BrNO/c1-2-8-12(10(11)13)9-6-4-3-5-7-9/h1,3-7H,8H2. The van der Waals surface area contributed by atoms with E-state index >= 15 is 0 Å². The molecule has 3 heteroatoms. The van der Waals surface area contributed by atoms with Crippen molar-refractivity contribution < 1.29 is 4.79 Å². The van der Waals surface area contributed by atoms with Crippen molar-refractivity contribution >= 4 is 26.4 Å². The van der Waals surface area contributed by atoms with Gasteiger partial charge in [0.15, 0.2) is 0 Å². The Hall–Kier alpha value is -1.27. The van der Waals surface area contributed by atoms with E-state index in [9.17, 15) is 4.79 Å². The molecule has 13 heavy (non-hydrogen) atoms. The molecule has 0 saturated carbocycles. The molecule has 0 atom stereocenters. The number of hydrogen-bond acceptors (Lipinski definition) is 1. The molecule has 0 spiro atoms. The van der Waals surface area contributed by atoms with Gasteiger partial charge in [-0.05, 0) is 12.1 Å². The topological polar surface area (TPSA) is 20.3 Å². The van der Waals surface area contributed by atoms with E-state index in [-0.39, 0.29) is 11.4 Å². The number of benzene rings is 1. The van der Waals surface area contributed by atoms with E-state index in [0.29, 0.717) is 0 Å². The molecule has 0 bridgehead atoms. The lowest BCUT2D eigenvalue weighted by Gasteiger charge is -2.16. The first-order valence-electron chi connectivity index (χ1n) is 3.71. The quantitative estimate of drug-likeness (QED) is 0.440. The number of amides is 1. The maximum absolute atomic E-state index is 11.1. The Labute approximate surface area is 85.7 Å². The van der Waals surface area contributed by atoms with Gasteiger partial charge in [-0.25, -0.2) is 0 Å². The second kappa shape index (κ2) is 4.68. The molecule has 0 unspecified atom stereocenters. The third-order valence-corrected chi connectivity index (χ3v) is 1.96. The van der Waals surface area contributed by atoms with Gasteiger partial charge in [-0.1, -0.05) is 24.1 Å². The summed E-state index contributed by atoms with van der Waals surface area (Å²) in [5.41, 5.74) is 0.794. The average molecular weight is 238 g/mol. The second-order valence-corrected chi connectivity index (χ2v) is 3.06. The number of para-hydroxylation sites is 1. The fraction of sp³-hybridized carbons (Fsp3) is 0.100. The summed E-state index contributed by atoms with van der Waals surface area (Å²) >= 11 is 2.87. The Kier molecular flexibility index (Phi) is 3.53. The minimum atomic E-state index is -0.225. The average Bonchev–Trinajstić information content (AvgIpc) is 2.15. The van der Waals surface area contributed by atoms with Gasteiger partial charge in [-0.2, -0.15) is 0 Å². The zero-order valence-electron chi connectivity index (χ0n) is 6.90. The highest BCUT2D eigenvalue weighted by molar-refractivity contribution is 9.18. The fourth-order valence-electron chi connectivity index (χ4n) is 0.954. The van der Waals surface area contributed by atoms with E-state index in [4.69, 9.17) is 6.42 Å². The van der Waals surface area contributed by atoms with Gasteiger partial charge in [0.2, 0.25) is 0 Å². The van der Waals surface area contributed by atoms with Crippen LogP contribution in [0.5, 0.6) is 0 Å². The predicted molar refractivity (Wildman–Crippen MR) is 56.9 cm³/mol. The fourth-order valence-corrected chi connectivity index (χ4v) is 1.28. The van der Waals surface area contributed by atoms with Gasteiger partial charge in [0.1, 0.15) is 0 Å². The SMILES string of the molecule is C#CCN(C(=O)Br)c1ccccc1. The zero-order valence-corrected chi connectivity index (χ0v) is 8.49. The number of anilines is 1. The van der Waals surface area contributed by atoms with Crippen LogP contribution in [0.4, 0.5) is 10.5 Å². The number of rotatable bonds is 2. The van der Waals surface area contributed by atoms with Crippen molar-refractivity contribution in [3.05, 3.63) is 30.3 Å². The molecule has 0 radical (unpaired) electrons. The van der Waals surface area contributed by atoms with Crippen LogP contribution in [0.15, 0.2) is 30.3 Å². The summed E-state index contributed by atoms with van der Waals surface area (Å²) < 4.78 is 0. The summed E-state index contributed by atoms with van der Waals surface area (Å²) in [6.07, 6.45) is 5.14. The Balaban J connectivity index is 2.90. The lowest BCUT2D eigenvalue weighted by Crippen LogP contribution is -2.25. The molecule has 0 aromatic heterocycles. The molecule has 0 heterocycles. The summed E-state index contributed by atoms with van der Waals surface area (Å²) in [4.78, 5) is 12.3. The van der Waals surface area contributed by atoms with Crippen molar-refractivity contribution in [2.24, 2.45) is 0 Å². The second-order valence-electron chi connectivity index (χ2n) is 2.38. The molecular formula is C10H8BrNO. The van der Waals surface area contributed by atoms with Crippen molar-refractivity contribution in [3.63, 3.8) is 0 Å². The molecule has 0 saturated heterocycles. The molecule has 0 aliphatic carbocycles. The van der Waals surface area contributed by atoms with Gasteiger partial charge >= 0.3 is 0 Å². The highest BCUT2D eigenvalue weighted by atomic mass is 79.9. The first-order valence-corrected chi connectivity index (χ1v) is 4.50. The van der Waals surface area contributed by atoms with Gasteiger partial charge in [-0.3, -0.25) is 9.69 Å². The monoisotopic (exact) mass is 237 g/mol. The molecule has 0 aliphatic heterocycles. The number of carbonyl (C=O) groups is 1. The Morgan fingerprint density at radius 3 is 2.54 bits per heavy atom. The molecular weight excluding hydrogens is 230 g/mol. The summed E-state index contributed by atoms with van der Waals surface area (Å²) in [6, 6.07) is 9.26. The molecule has 1 aromatic rings. The van der Waals surface area contributed by atoms with E-state index in [1.807, 2.05) is 30.3 Å². The first kappa shape index (κ1) is 9.82. The number of hydrogen-bond donors (Lipinski definition) is 0. The summed E-state index contributed by atoms with van der Waals surface area (Å²) in [6.45, 7) is 0.272. The summed E-state index contributed by atoms with van der Waals surface area (Å²) in [5.74, 6) is 2.42. The molecule has 1 rings (SSSR count). The summed E-state index contributed by atoms with van der Waals surface area (Å²) in [7, 11) is 0. The van der Waals surface area contributed by atoms with Crippen molar-refractivity contribution in [1.29, 1.82) is 0 Å². The number of carbonyl (C=O) groups excluding carboxylic acids is 1. The summed E-state index contributed by atoms with van der Waals surface area (Å²) in [5, 5.41) is 0. The van der Waals surface area contributed by atoms with E-state index in [1.165, 1.54) is 4.90 Å². The minimum Gasteiger partial charge on any atom is -0.291 e. The molecule has 66 valence electrons. The molecule has 0 N–H and O–H groups in total. The highest BCUT2D eigenvalue weighted by Gasteiger charge is 2.09. The van der Waals surface area contributed by atoms with Gasteiger partial charge in [0.25, 0.3) is 4.82 Å². The number of nitrogens with zero attached hydrogens (tertiary/aromatic N) is 1. The van der Waals surface area contributed by atoms with Crippen LogP contribution in [0.3, 0.4) is 0 Å². The number of halogens is 1. The maximum Gasteiger partial charge on any atom is 0.294 e. The van der Waals surface area contributed by atoms with E-state index in [0.717, 1.165) is 5.69 Å². The highest BCUT2D eigenvalue weighted by Crippen LogP contribution is 2.15. The van der Waals surface area contributed by atoms with E-state index < -0.39 is 0 Å². The van der Waals surface area contributed by atoms with Gasteiger partial charge in [0.05, 0.1) is 6.54 Å². The van der Waals surface area contributed by atoms with Crippen molar-refractivity contribution in [1.82, 2.24) is 0 Å². The van der Waals surface area contributed by atoms with Crippen LogP contribution < -0.4 is 4.90 Å². The Morgan fingerprint density at radius 2 is 2.08 bits per heavy atom. The van der Waals surface area contributed by atoms with Crippen LogP contribution in [0, 0.1) is 12.3 Å². The van der Waals surface area contributed by atoms with E-state index in [2.05, 4.69) is 21.9 Å².